The molecule has 0 amide bonds. The smallest absolute Gasteiger partial charge is 0.107 e. The summed E-state index contributed by atoms with van der Waals surface area (Å²) < 4.78 is 2.10. The molecule has 2 aromatic heterocycles. The molecule has 1 aliphatic heterocycles. The lowest BCUT2D eigenvalue weighted by Crippen LogP contribution is -2.21. The molecule has 0 aromatic carbocycles. The van der Waals surface area contributed by atoms with Crippen LogP contribution < -0.4 is 0 Å². The first-order valence-corrected chi connectivity index (χ1v) is 7.89. The number of nitrogens with zero attached hydrogens (tertiary/aromatic N) is 4. The number of aromatic nitrogens is 3. The zero-order valence-electron chi connectivity index (χ0n) is 11.0. The highest BCUT2D eigenvalue weighted by molar-refractivity contribution is 7.11. The summed E-state index contributed by atoms with van der Waals surface area (Å²) in [5.41, 5.74) is 1.38. The van der Waals surface area contributed by atoms with Crippen molar-refractivity contribution in [1.82, 2.24) is 19.7 Å². The van der Waals surface area contributed by atoms with E-state index in [2.05, 4.69) is 20.9 Å². The number of fused-ring (bicyclic) bond motifs is 1. The zero-order valence-corrected chi connectivity index (χ0v) is 11.8. The molecule has 1 saturated heterocycles. The minimum Gasteiger partial charge on any atom is -0.294 e. The van der Waals surface area contributed by atoms with Crippen molar-refractivity contribution in [3.63, 3.8) is 0 Å². The van der Waals surface area contributed by atoms with Gasteiger partial charge in [-0.05, 0) is 31.7 Å². The average molecular weight is 274 g/mol. The van der Waals surface area contributed by atoms with Gasteiger partial charge in [-0.2, -0.15) is 5.10 Å². The lowest BCUT2D eigenvalue weighted by Gasteiger charge is -2.14. The second-order valence-corrected chi connectivity index (χ2v) is 6.66. The first kappa shape index (κ1) is 11.6. The SMILES string of the molecule is c1cnn(C2CCN(Cc3nc4c(s3)CCC4)C2)c1. The summed E-state index contributed by atoms with van der Waals surface area (Å²) in [5.74, 6) is 0. The third kappa shape index (κ3) is 2.21. The third-order valence-corrected chi connectivity index (χ3v) is 5.29. The van der Waals surface area contributed by atoms with Crippen molar-refractivity contribution in [2.24, 2.45) is 0 Å². The van der Waals surface area contributed by atoms with Crippen LogP contribution in [0.2, 0.25) is 0 Å². The topological polar surface area (TPSA) is 34.0 Å². The van der Waals surface area contributed by atoms with E-state index in [0.29, 0.717) is 6.04 Å². The van der Waals surface area contributed by atoms with Crippen molar-refractivity contribution >= 4 is 11.3 Å². The standard InChI is InChI=1S/C14H18N4S/c1-3-12-13(4-1)19-14(16-12)10-17-8-5-11(9-17)18-7-2-6-15-18/h2,6-7,11H,1,3-5,8-10H2. The number of likely N-dealkylation sites (tertiary alicyclic amines) is 1. The molecular formula is C14H18N4S. The zero-order chi connectivity index (χ0) is 12.7. The van der Waals surface area contributed by atoms with Crippen LogP contribution in [0.4, 0.5) is 0 Å². The molecule has 0 saturated carbocycles. The van der Waals surface area contributed by atoms with Crippen LogP contribution in [-0.4, -0.2) is 32.8 Å². The highest BCUT2D eigenvalue weighted by Crippen LogP contribution is 2.29. The largest absolute Gasteiger partial charge is 0.294 e. The molecular weight excluding hydrogens is 256 g/mol. The van der Waals surface area contributed by atoms with Gasteiger partial charge in [0.2, 0.25) is 0 Å². The number of thiazole rings is 1. The lowest BCUT2D eigenvalue weighted by molar-refractivity contribution is 0.311. The van der Waals surface area contributed by atoms with E-state index in [9.17, 15) is 0 Å². The Balaban J connectivity index is 1.41. The van der Waals surface area contributed by atoms with Gasteiger partial charge in [0.25, 0.3) is 0 Å². The molecule has 4 nitrogen and oxygen atoms in total. The Morgan fingerprint density at radius 2 is 2.37 bits per heavy atom. The van der Waals surface area contributed by atoms with Crippen molar-refractivity contribution in [3.8, 4) is 0 Å². The first-order chi connectivity index (χ1) is 9.38. The minimum atomic E-state index is 0.543. The van der Waals surface area contributed by atoms with Crippen molar-refractivity contribution in [2.45, 2.75) is 38.3 Å². The number of rotatable bonds is 3. The number of hydrogen-bond donors (Lipinski definition) is 0. The molecule has 0 spiro atoms. The van der Waals surface area contributed by atoms with E-state index < -0.39 is 0 Å². The molecule has 4 rings (SSSR count). The van der Waals surface area contributed by atoms with E-state index in [1.54, 1.807) is 0 Å². The maximum atomic E-state index is 4.80. The molecule has 2 aliphatic rings. The maximum absolute atomic E-state index is 4.80. The monoisotopic (exact) mass is 274 g/mol. The molecule has 19 heavy (non-hydrogen) atoms. The second-order valence-electron chi connectivity index (χ2n) is 5.49. The Kier molecular flexibility index (Phi) is 2.89. The number of hydrogen-bond acceptors (Lipinski definition) is 4. The predicted molar refractivity (Wildman–Crippen MR) is 75.3 cm³/mol. The van der Waals surface area contributed by atoms with Crippen LogP contribution in [-0.2, 0) is 19.4 Å². The summed E-state index contributed by atoms with van der Waals surface area (Å²) in [6.07, 6.45) is 8.90. The molecule has 5 heteroatoms. The van der Waals surface area contributed by atoms with E-state index in [-0.39, 0.29) is 0 Å². The van der Waals surface area contributed by atoms with Crippen molar-refractivity contribution < 1.29 is 0 Å². The van der Waals surface area contributed by atoms with Crippen LogP contribution in [0.5, 0.6) is 0 Å². The van der Waals surface area contributed by atoms with Crippen molar-refractivity contribution in [3.05, 3.63) is 34.0 Å². The fourth-order valence-electron chi connectivity index (χ4n) is 3.17. The maximum Gasteiger partial charge on any atom is 0.107 e. The molecule has 1 unspecified atom stereocenters. The molecule has 3 heterocycles. The summed E-state index contributed by atoms with van der Waals surface area (Å²) in [4.78, 5) is 8.85. The first-order valence-electron chi connectivity index (χ1n) is 7.07. The second kappa shape index (κ2) is 4.72. The van der Waals surface area contributed by atoms with Gasteiger partial charge >= 0.3 is 0 Å². The van der Waals surface area contributed by atoms with Crippen molar-refractivity contribution in [1.29, 1.82) is 0 Å². The van der Waals surface area contributed by atoms with E-state index in [1.807, 2.05) is 23.6 Å². The summed E-state index contributed by atoms with van der Waals surface area (Å²) in [6.45, 7) is 3.29. The van der Waals surface area contributed by atoms with Crippen molar-refractivity contribution in [2.75, 3.05) is 13.1 Å². The highest BCUT2D eigenvalue weighted by atomic mass is 32.1. The van der Waals surface area contributed by atoms with Crippen LogP contribution in [0.1, 0.15) is 34.5 Å². The molecule has 1 aliphatic carbocycles. The van der Waals surface area contributed by atoms with Gasteiger partial charge in [-0.1, -0.05) is 0 Å². The van der Waals surface area contributed by atoms with Gasteiger partial charge in [0.15, 0.2) is 0 Å². The Bertz CT molecular complexity index is 539. The van der Waals surface area contributed by atoms with Crippen LogP contribution in [0.25, 0.3) is 0 Å². The van der Waals surface area contributed by atoms with Gasteiger partial charge in [-0.3, -0.25) is 9.58 Å². The quantitative estimate of drug-likeness (QED) is 0.861. The van der Waals surface area contributed by atoms with Gasteiger partial charge < -0.3 is 0 Å². The normalized spacial score (nSPS) is 23.1. The Morgan fingerprint density at radius 1 is 1.37 bits per heavy atom. The lowest BCUT2D eigenvalue weighted by atomic mass is 10.3. The Hall–Kier alpha value is -1.20. The van der Waals surface area contributed by atoms with Gasteiger partial charge in [0.1, 0.15) is 5.01 Å². The van der Waals surface area contributed by atoms with E-state index in [1.165, 1.54) is 41.3 Å². The summed E-state index contributed by atoms with van der Waals surface area (Å²) in [6, 6.07) is 2.55. The third-order valence-electron chi connectivity index (χ3n) is 4.15. The van der Waals surface area contributed by atoms with Gasteiger partial charge in [-0.15, -0.1) is 11.3 Å². The van der Waals surface area contributed by atoms with Gasteiger partial charge in [0, 0.05) is 30.4 Å². The summed E-state index contributed by atoms with van der Waals surface area (Å²) in [5, 5.41) is 5.67. The molecule has 0 N–H and O–H groups in total. The number of aryl methyl sites for hydroxylation is 2. The predicted octanol–water partition coefficient (Wildman–Crippen LogP) is 2.28. The highest BCUT2D eigenvalue weighted by Gasteiger charge is 2.25. The molecule has 0 bridgehead atoms. The molecule has 100 valence electrons. The minimum absolute atomic E-state index is 0.543. The van der Waals surface area contributed by atoms with E-state index in [0.717, 1.165) is 19.6 Å². The fourth-order valence-corrected chi connectivity index (χ4v) is 4.37. The van der Waals surface area contributed by atoms with Crippen LogP contribution in [0.3, 0.4) is 0 Å². The average Bonchev–Trinajstić information content (AvgIpc) is 3.12. The van der Waals surface area contributed by atoms with E-state index in [4.69, 9.17) is 4.98 Å². The van der Waals surface area contributed by atoms with Gasteiger partial charge in [-0.25, -0.2) is 4.98 Å². The van der Waals surface area contributed by atoms with E-state index >= 15 is 0 Å². The summed E-state index contributed by atoms with van der Waals surface area (Å²) in [7, 11) is 0. The Labute approximate surface area is 117 Å². The van der Waals surface area contributed by atoms with Crippen LogP contribution in [0, 0.1) is 0 Å². The molecule has 1 fully saturated rings. The van der Waals surface area contributed by atoms with Crippen LogP contribution in [0.15, 0.2) is 18.5 Å². The van der Waals surface area contributed by atoms with Crippen LogP contribution >= 0.6 is 11.3 Å². The van der Waals surface area contributed by atoms with Gasteiger partial charge in [0.05, 0.1) is 18.3 Å². The summed E-state index contributed by atoms with van der Waals surface area (Å²) >= 11 is 1.93. The molecule has 0 radical (unpaired) electrons. The molecule has 2 aromatic rings. The fraction of sp³-hybridized carbons (Fsp3) is 0.571. The Morgan fingerprint density at radius 3 is 3.21 bits per heavy atom. The molecule has 1 atom stereocenters.